The van der Waals surface area contributed by atoms with E-state index in [1.54, 1.807) is 0 Å². The maximum Gasteiger partial charge on any atom is 0.375 e. The predicted molar refractivity (Wildman–Crippen MR) is 49.6 cm³/mol. The highest BCUT2D eigenvalue weighted by atomic mass is 16.5. The summed E-state index contributed by atoms with van der Waals surface area (Å²) >= 11 is 0. The largest absolute Gasteiger partial charge is 0.475 e. The molecule has 1 N–H and O–H groups in total. The van der Waals surface area contributed by atoms with E-state index < -0.39 is 5.97 Å². The summed E-state index contributed by atoms with van der Waals surface area (Å²) in [7, 11) is 0. The SMILES string of the molecule is O=C(O)c1oncc1CN1CCOCC1. The molecule has 0 aromatic carbocycles. The van der Waals surface area contributed by atoms with E-state index in [0.29, 0.717) is 25.3 Å². The Labute approximate surface area is 86.4 Å². The number of rotatable bonds is 3. The molecular weight excluding hydrogens is 200 g/mol. The van der Waals surface area contributed by atoms with Crippen molar-refractivity contribution in [2.24, 2.45) is 0 Å². The normalized spacial score (nSPS) is 17.9. The highest BCUT2D eigenvalue weighted by Crippen LogP contribution is 2.12. The van der Waals surface area contributed by atoms with Crippen LogP contribution in [0.4, 0.5) is 0 Å². The van der Waals surface area contributed by atoms with Crippen LogP contribution >= 0.6 is 0 Å². The summed E-state index contributed by atoms with van der Waals surface area (Å²) in [6.45, 7) is 3.55. The van der Waals surface area contributed by atoms with Crippen LogP contribution in [-0.4, -0.2) is 47.4 Å². The van der Waals surface area contributed by atoms with Gasteiger partial charge in [0, 0.05) is 25.2 Å². The second kappa shape index (κ2) is 4.41. The second-order valence-electron chi connectivity index (χ2n) is 3.37. The van der Waals surface area contributed by atoms with Gasteiger partial charge in [0.25, 0.3) is 0 Å². The molecule has 15 heavy (non-hydrogen) atoms. The molecule has 1 aliphatic rings. The van der Waals surface area contributed by atoms with Crippen LogP contribution in [0.1, 0.15) is 16.1 Å². The topological polar surface area (TPSA) is 75.8 Å². The second-order valence-corrected chi connectivity index (χ2v) is 3.37. The molecule has 1 aliphatic heterocycles. The Morgan fingerprint density at radius 2 is 2.27 bits per heavy atom. The molecule has 0 radical (unpaired) electrons. The van der Waals surface area contributed by atoms with E-state index in [1.807, 2.05) is 0 Å². The average molecular weight is 212 g/mol. The van der Waals surface area contributed by atoms with Crippen LogP contribution in [0, 0.1) is 0 Å². The Morgan fingerprint density at radius 1 is 1.53 bits per heavy atom. The quantitative estimate of drug-likeness (QED) is 0.771. The third kappa shape index (κ3) is 2.34. The fourth-order valence-electron chi connectivity index (χ4n) is 1.55. The summed E-state index contributed by atoms with van der Waals surface area (Å²) in [5.41, 5.74) is 0.615. The van der Waals surface area contributed by atoms with Crippen molar-refractivity contribution in [2.45, 2.75) is 6.54 Å². The van der Waals surface area contributed by atoms with E-state index in [-0.39, 0.29) is 5.76 Å². The number of hydrogen-bond donors (Lipinski definition) is 1. The molecule has 1 aromatic heterocycles. The average Bonchev–Trinajstić information content (AvgIpc) is 2.67. The van der Waals surface area contributed by atoms with Crippen molar-refractivity contribution in [1.29, 1.82) is 0 Å². The van der Waals surface area contributed by atoms with Crippen LogP contribution in [-0.2, 0) is 11.3 Å². The minimum atomic E-state index is -1.07. The maximum absolute atomic E-state index is 10.7. The van der Waals surface area contributed by atoms with Gasteiger partial charge in [0.05, 0.1) is 19.4 Å². The maximum atomic E-state index is 10.7. The van der Waals surface area contributed by atoms with Gasteiger partial charge in [-0.15, -0.1) is 0 Å². The number of nitrogens with zero attached hydrogens (tertiary/aromatic N) is 2. The Morgan fingerprint density at radius 3 is 2.93 bits per heavy atom. The monoisotopic (exact) mass is 212 g/mol. The number of ether oxygens (including phenoxy) is 1. The molecule has 0 unspecified atom stereocenters. The first kappa shape index (κ1) is 10.1. The van der Waals surface area contributed by atoms with Gasteiger partial charge in [-0.25, -0.2) is 4.79 Å². The third-order valence-electron chi connectivity index (χ3n) is 2.34. The Balaban J connectivity index is 2.03. The number of aromatic carboxylic acids is 1. The summed E-state index contributed by atoms with van der Waals surface area (Å²) in [6.07, 6.45) is 1.46. The molecule has 82 valence electrons. The van der Waals surface area contributed by atoms with Crippen LogP contribution in [0.3, 0.4) is 0 Å². The molecule has 0 atom stereocenters. The fraction of sp³-hybridized carbons (Fsp3) is 0.556. The van der Waals surface area contributed by atoms with Crippen LogP contribution in [0.15, 0.2) is 10.7 Å². The van der Waals surface area contributed by atoms with E-state index in [9.17, 15) is 4.79 Å². The van der Waals surface area contributed by atoms with Gasteiger partial charge in [0.1, 0.15) is 0 Å². The van der Waals surface area contributed by atoms with Gasteiger partial charge < -0.3 is 14.4 Å². The van der Waals surface area contributed by atoms with Crippen molar-refractivity contribution in [3.63, 3.8) is 0 Å². The summed E-state index contributed by atoms with van der Waals surface area (Å²) in [4.78, 5) is 12.9. The molecule has 1 saturated heterocycles. The van der Waals surface area contributed by atoms with Gasteiger partial charge in [-0.3, -0.25) is 4.90 Å². The van der Waals surface area contributed by atoms with Crippen molar-refractivity contribution in [3.8, 4) is 0 Å². The van der Waals surface area contributed by atoms with Gasteiger partial charge in [0.15, 0.2) is 0 Å². The van der Waals surface area contributed by atoms with Crippen molar-refractivity contribution in [3.05, 3.63) is 17.5 Å². The number of carboxylic acid groups (broad SMARTS) is 1. The number of morpholine rings is 1. The minimum absolute atomic E-state index is 0.0681. The van der Waals surface area contributed by atoms with E-state index in [1.165, 1.54) is 6.20 Å². The van der Waals surface area contributed by atoms with Gasteiger partial charge in [-0.2, -0.15) is 0 Å². The highest BCUT2D eigenvalue weighted by Gasteiger charge is 2.19. The Bertz CT molecular complexity index is 344. The molecule has 0 aliphatic carbocycles. The first-order valence-electron chi connectivity index (χ1n) is 4.74. The number of carbonyl (C=O) groups is 1. The van der Waals surface area contributed by atoms with Crippen molar-refractivity contribution < 1.29 is 19.2 Å². The van der Waals surface area contributed by atoms with Crippen molar-refractivity contribution in [2.75, 3.05) is 26.3 Å². The summed E-state index contributed by atoms with van der Waals surface area (Å²) in [6, 6.07) is 0. The molecular formula is C9H12N2O4. The number of aromatic nitrogens is 1. The first-order chi connectivity index (χ1) is 7.27. The van der Waals surface area contributed by atoms with Crippen LogP contribution in [0.5, 0.6) is 0 Å². The van der Waals surface area contributed by atoms with Gasteiger partial charge in [-0.1, -0.05) is 5.16 Å². The highest BCUT2D eigenvalue weighted by molar-refractivity contribution is 5.85. The third-order valence-corrected chi connectivity index (χ3v) is 2.34. The van der Waals surface area contributed by atoms with Gasteiger partial charge >= 0.3 is 5.97 Å². The number of carboxylic acids is 1. The Kier molecular flexibility index (Phi) is 2.98. The van der Waals surface area contributed by atoms with E-state index in [2.05, 4.69) is 14.6 Å². The summed E-state index contributed by atoms with van der Waals surface area (Å²) < 4.78 is 9.86. The molecule has 2 heterocycles. The molecule has 0 spiro atoms. The lowest BCUT2D eigenvalue weighted by atomic mass is 10.2. The lowest BCUT2D eigenvalue weighted by Crippen LogP contribution is -2.35. The molecule has 1 aromatic rings. The van der Waals surface area contributed by atoms with Gasteiger partial charge in [0.2, 0.25) is 5.76 Å². The van der Waals surface area contributed by atoms with Crippen molar-refractivity contribution >= 4 is 5.97 Å². The molecule has 0 saturated carbocycles. The molecule has 0 amide bonds. The minimum Gasteiger partial charge on any atom is -0.475 e. The summed E-state index contributed by atoms with van der Waals surface area (Å²) in [5, 5.41) is 12.3. The lowest BCUT2D eigenvalue weighted by molar-refractivity contribution is 0.0337. The number of hydrogen-bond acceptors (Lipinski definition) is 5. The Hall–Kier alpha value is -1.40. The molecule has 0 bridgehead atoms. The fourth-order valence-corrected chi connectivity index (χ4v) is 1.55. The van der Waals surface area contributed by atoms with E-state index >= 15 is 0 Å². The zero-order valence-corrected chi connectivity index (χ0v) is 8.18. The van der Waals surface area contributed by atoms with Crippen LogP contribution < -0.4 is 0 Å². The first-order valence-corrected chi connectivity index (χ1v) is 4.74. The van der Waals surface area contributed by atoms with Crippen molar-refractivity contribution in [1.82, 2.24) is 10.1 Å². The van der Waals surface area contributed by atoms with Gasteiger partial charge in [-0.05, 0) is 0 Å². The molecule has 6 nitrogen and oxygen atoms in total. The summed E-state index contributed by atoms with van der Waals surface area (Å²) in [5.74, 6) is -1.14. The zero-order chi connectivity index (χ0) is 10.7. The molecule has 6 heteroatoms. The molecule has 2 rings (SSSR count). The standard InChI is InChI=1S/C9H12N2O4/c12-9(13)8-7(5-10-15-8)6-11-1-3-14-4-2-11/h5H,1-4,6H2,(H,12,13). The molecule has 1 fully saturated rings. The van der Waals surface area contributed by atoms with E-state index in [4.69, 9.17) is 9.84 Å². The van der Waals surface area contributed by atoms with Crippen LogP contribution in [0.2, 0.25) is 0 Å². The predicted octanol–water partition coefficient (Wildman–Crippen LogP) is 0.205. The van der Waals surface area contributed by atoms with Crippen LogP contribution in [0.25, 0.3) is 0 Å². The van der Waals surface area contributed by atoms with E-state index in [0.717, 1.165) is 13.1 Å². The lowest BCUT2D eigenvalue weighted by Gasteiger charge is -2.25. The smallest absolute Gasteiger partial charge is 0.375 e. The zero-order valence-electron chi connectivity index (χ0n) is 8.18.